The van der Waals surface area contributed by atoms with Gasteiger partial charge in [0.05, 0.1) is 5.69 Å². The molecule has 2 aromatic rings. The molecule has 0 fully saturated rings. The van der Waals surface area contributed by atoms with Gasteiger partial charge in [0.2, 0.25) is 5.91 Å². The van der Waals surface area contributed by atoms with Crippen LogP contribution in [-0.2, 0) is 24.9 Å². The second kappa shape index (κ2) is 9.60. The lowest BCUT2D eigenvalue weighted by molar-refractivity contribution is -0.121. The van der Waals surface area contributed by atoms with Crippen LogP contribution in [0.15, 0.2) is 35.3 Å². The molecule has 0 aliphatic carbocycles. The predicted molar refractivity (Wildman–Crippen MR) is 104 cm³/mol. The highest BCUT2D eigenvalue weighted by Crippen LogP contribution is 2.10. The van der Waals surface area contributed by atoms with Crippen LogP contribution >= 0.6 is 0 Å². The Bertz CT molecular complexity index is 751. The highest BCUT2D eigenvalue weighted by molar-refractivity contribution is 5.81. The van der Waals surface area contributed by atoms with Gasteiger partial charge in [-0.1, -0.05) is 30.3 Å². The van der Waals surface area contributed by atoms with E-state index >= 15 is 0 Å². The van der Waals surface area contributed by atoms with E-state index in [4.69, 9.17) is 0 Å². The van der Waals surface area contributed by atoms with Crippen LogP contribution in [0.25, 0.3) is 0 Å². The zero-order valence-electron chi connectivity index (χ0n) is 16.0. The molecule has 0 bridgehead atoms. The Labute approximate surface area is 154 Å². The molecule has 0 spiro atoms. The summed E-state index contributed by atoms with van der Waals surface area (Å²) in [5.41, 5.74) is 4.39. The number of aliphatic imine (C=N–C) groups is 1. The Morgan fingerprint density at radius 3 is 2.46 bits per heavy atom. The first-order chi connectivity index (χ1) is 12.5. The van der Waals surface area contributed by atoms with E-state index in [1.165, 1.54) is 0 Å². The second-order valence-corrected chi connectivity index (χ2v) is 6.14. The molecule has 1 aromatic heterocycles. The molecule has 1 aromatic carbocycles. The van der Waals surface area contributed by atoms with Crippen LogP contribution in [0.2, 0.25) is 0 Å². The molecule has 7 nitrogen and oxygen atoms in total. The number of hydrogen-bond donors (Lipinski definition) is 3. The van der Waals surface area contributed by atoms with E-state index in [2.05, 4.69) is 26.0 Å². The normalized spacial score (nSPS) is 11.3. The van der Waals surface area contributed by atoms with Crippen molar-refractivity contribution in [3.8, 4) is 0 Å². The second-order valence-electron chi connectivity index (χ2n) is 6.14. The van der Waals surface area contributed by atoms with Gasteiger partial charge in [0.25, 0.3) is 0 Å². The standard InChI is InChI=1S/C19H28N6O/c1-14-17(15(2)25(4)24-14)13-23-19(20-3)21-11-10-18(26)22-12-16-8-6-5-7-9-16/h5-9H,10-13H2,1-4H3,(H,22,26)(H2,20,21,23). The van der Waals surface area contributed by atoms with Crippen LogP contribution in [0.3, 0.4) is 0 Å². The van der Waals surface area contributed by atoms with Gasteiger partial charge < -0.3 is 16.0 Å². The monoisotopic (exact) mass is 356 g/mol. The summed E-state index contributed by atoms with van der Waals surface area (Å²) in [5, 5.41) is 13.8. The molecule has 1 amide bonds. The molecular weight excluding hydrogens is 328 g/mol. The van der Waals surface area contributed by atoms with E-state index in [0.29, 0.717) is 32.0 Å². The first-order valence-electron chi connectivity index (χ1n) is 8.75. The van der Waals surface area contributed by atoms with Crippen LogP contribution in [0.1, 0.15) is 28.9 Å². The number of guanidine groups is 1. The van der Waals surface area contributed by atoms with Gasteiger partial charge in [-0.3, -0.25) is 14.5 Å². The smallest absolute Gasteiger partial charge is 0.222 e. The number of aromatic nitrogens is 2. The Hall–Kier alpha value is -2.83. The molecule has 0 unspecified atom stereocenters. The Balaban J connectivity index is 1.70. The van der Waals surface area contributed by atoms with Gasteiger partial charge in [0.15, 0.2) is 5.96 Å². The van der Waals surface area contributed by atoms with Gasteiger partial charge in [-0.05, 0) is 19.4 Å². The summed E-state index contributed by atoms with van der Waals surface area (Å²) in [6.07, 6.45) is 0.387. The lowest BCUT2D eigenvalue weighted by Gasteiger charge is -2.12. The zero-order chi connectivity index (χ0) is 18.9. The van der Waals surface area contributed by atoms with E-state index in [-0.39, 0.29) is 5.91 Å². The number of aryl methyl sites for hydroxylation is 2. The predicted octanol–water partition coefficient (Wildman–Crippen LogP) is 1.41. The average Bonchev–Trinajstić information content (AvgIpc) is 2.89. The van der Waals surface area contributed by atoms with Gasteiger partial charge >= 0.3 is 0 Å². The number of hydrogen-bond acceptors (Lipinski definition) is 3. The fourth-order valence-corrected chi connectivity index (χ4v) is 2.65. The number of carbonyl (C=O) groups is 1. The zero-order valence-corrected chi connectivity index (χ0v) is 16.0. The van der Waals surface area contributed by atoms with E-state index in [1.807, 2.05) is 55.9 Å². The maximum Gasteiger partial charge on any atom is 0.222 e. The lowest BCUT2D eigenvalue weighted by Crippen LogP contribution is -2.39. The number of nitrogens with one attached hydrogen (secondary N) is 3. The first kappa shape index (κ1) is 19.5. The molecule has 0 saturated heterocycles. The summed E-state index contributed by atoms with van der Waals surface area (Å²) >= 11 is 0. The van der Waals surface area contributed by atoms with Crippen molar-refractivity contribution in [2.24, 2.45) is 12.0 Å². The summed E-state index contributed by atoms with van der Waals surface area (Å²) in [6.45, 7) is 5.75. The van der Waals surface area contributed by atoms with E-state index in [9.17, 15) is 4.79 Å². The van der Waals surface area contributed by atoms with Crippen molar-refractivity contribution in [2.75, 3.05) is 13.6 Å². The molecule has 7 heteroatoms. The summed E-state index contributed by atoms with van der Waals surface area (Å²) in [7, 11) is 3.65. The fraction of sp³-hybridized carbons (Fsp3) is 0.421. The molecule has 140 valence electrons. The molecule has 0 saturated carbocycles. The minimum absolute atomic E-state index is 0.00996. The van der Waals surface area contributed by atoms with Crippen LogP contribution in [0, 0.1) is 13.8 Å². The van der Waals surface area contributed by atoms with Crippen molar-refractivity contribution < 1.29 is 4.79 Å². The van der Waals surface area contributed by atoms with Gasteiger partial charge in [0, 0.05) is 51.4 Å². The first-order valence-corrected chi connectivity index (χ1v) is 8.75. The fourth-order valence-electron chi connectivity index (χ4n) is 2.65. The summed E-state index contributed by atoms with van der Waals surface area (Å²) in [5.74, 6) is 0.680. The minimum Gasteiger partial charge on any atom is -0.356 e. The number of nitrogens with zero attached hydrogens (tertiary/aromatic N) is 3. The average molecular weight is 356 g/mol. The van der Waals surface area contributed by atoms with Crippen molar-refractivity contribution in [3.05, 3.63) is 52.8 Å². The Morgan fingerprint density at radius 2 is 1.85 bits per heavy atom. The molecule has 3 N–H and O–H groups in total. The van der Waals surface area contributed by atoms with Crippen LogP contribution in [-0.4, -0.2) is 35.2 Å². The van der Waals surface area contributed by atoms with Crippen molar-refractivity contribution in [1.82, 2.24) is 25.7 Å². The molecule has 1 heterocycles. The SMILES string of the molecule is CN=C(NCCC(=O)NCc1ccccc1)NCc1c(C)nn(C)c1C. The molecule has 0 aliphatic heterocycles. The number of carbonyl (C=O) groups excluding carboxylic acids is 1. The molecule has 0 aliphatic rings. The summed E-state index contributed by atoms with van der Waals surface area (Å²) < 4.78 is 1.87. The maximum absolute atomic E-state index is 11.9. The third-order valence-corrected chi connectivity index (χ3v) is 4.29. The van der Waals surface area contributed by atoms with Gasteiger partial charge in [0.1, 0.15) is 0 Å². The summed E-state index contributed by atoms with van der Waals surface area (Å²) in [4.78, 5) is 16.1. The van der Waals surface area contributed by atoms with Crippen molar-refractivity contribution in [1.29, 1.82) is 0 Å². The van der Waals surface area contributed by atoms with Crippen LogP contribution in [0.5, 0.6) is 0 Å². The highest BCUT2D eigenvalue weighted by Gasteiger charge is 2.10. The number of rotatable bonds is 7. The third-order valence-electron chi connectivity index (χ3n) is 4.29. The van der Waals surface area contributed by atoms with Crippen molar-refractivity contribution >= 4 is 11.9 Å². The van der Waals surface area contributed by atoms with Gasteiger partial charge in [-0.2, -0.15) is 5.10 Å². The molecular formula is C19H28N6O. The van der Waals surface area contributed by atoms with Gasteiger partial charge in [-0.25, -0.2) is 0 Å². The molecule has 26 heavy (non-hydrogen) atoms. The minimum atomic E-state index is 0.00996. The Morgan fingerprint density at radius 1 is 1.12 bits per heavy atom. The van der Waals surface area contributed by atoms with Crippen molar-refractivity contribution in [2.45, 2.75) is 33.4 Å². The lowest BCUT2D eigenvalue weighted by atomic mass is 10.2. The number of benzene rings is 1. The third kappa shape index (κ3) is 5.61. The quantitative estimate of drug-likeness (QED) is 0.517. The largest absolute Gasteiger partial charge is 0.356 e. The molecule has 2 rings (SSSR count). The highest BCUT2D eigenvalue weighted by atomic mass is 16.1. The summed E-state index contributed by atoms with van der Waals surface area (Å²) in [6, 6.07) is 9.87. The molecule has 0 radical (unpaired) electrons. The van der Waals surface area contributed by atoms with E-state index in [0.717, 1.165) is 22.5 Å². The number of amides is 1. The van der Waals surface area contributed by atoms with E-state index < -0.39 is 0 Å². The topological polar surface area (TPSA) is 83.3 Å². The van der Waals surface area contributed by atoms with Gasteiger partial charge in [-0.15, -0.1) is 0 Å². The van der Waals surface area contributed by atoms with E-state index in [1.54, 1.807) is 7.05 Å². The Kier molecular flexibility index (Phi) is 7.20. The maximum atomic E-state index is 11.9. The van der Waals surface area contributed by atoms with Crippen LogP contribution < -0.4 is 16.0 Å². The van der Waals surface area contributed by atoms with Crippen molar-refractivity contribution in [3.63, 3.8) is 0 Å². The molecule has 0 atom stereocenters. The van der Waals surface area contributed by atoms with Crippen LogP contribution in [0.4, 0.5) is 0 Å².